The van der Waals surface area contributed by atoms with E-state index in [1.54, 1.807) is 11.8 Å². The van der Waals surface area contributed by atoms with E-state index in [4.69, 9.17) is 0 Å². The molecule has 20 heavy (non-hydrogen) atoms. The number of rotatable bonds is 3. The molecule has 4 nitrogen and oxygen atoms in total. The molecule has 2 aromatic rings. The van der Waals surface area contributed by atoms with Gasteiger partial charge in [-0.25, -0.2) is 4.98 Å². The summed E-state index contributed by atoms with van der Waals surface area (Å²) in [5.41, 5.74) is 2.09. The Labute approximate surface area is 123 Å². The van der Waals surface area contributed by atoms with Gasteiger partial charge in [0.05, 0.1) is 16.3 Å². The van der Waals surface area contributed by atoms with Gasteiger partial charge in [0.1, 0.15) is 0 Å². The first kappa shape index (κ1) is 13.5. The Kier molecular flexibility index (Phi) is 3.70. The van der Waals surface area contributed by atoms with Crippen molar-refractivity contribution in [1.82, 2.24) is 14.5 Å². The van der Waals surface area contributed by atoms with Crippen LogP contribution in [-0.2, 0) is 11.8 Å². The molecule has 1 atom stereocenters. The Morgan fingerprint density at radius 1 is 1.30 bits per heavy atom. The fourth-order valence-electron chi connectivity index (χ4n) is 2.63. The quantitative estimate of drug-likeness (QED) is 0.815. The average molecular weight is 289 g/mol. The molecule has 3 rings (SSSR count). The minimum absolute atomic E-state index is 0.0800. The van der Waals surface area contributed by atoms with Gasteiger partial charge in [-0.15, -0.1) is 0 Å². The van der Waals surface area contributed by atoms with E-state index < -0.39 is 0 Å². The fraction of sp³-hybridized carbons (Fsp3) is 0.467. The van der Waals surface area contributed by atoms with Crippen molar-refractivity contribution in [3.05, 3.63) is 24.3 Å². The van der Waals surface area contributed by atoms with E-state index in [-0.39, 0.29) is 11.2 Å². The standard InChI is InChI=1S/C15H19N3OS/c1-11(14(19)18-9-5-6-10-18)20-15-16-12-7-3-4-8-13(12)17(15)2/h3-4,7-8,11H,5-6,9-10H2,1-2H3. The lowest BCUT2D eigenvalue weighted by Crippen LogP contribution is -2.34. The van der Waals surface area contributed by atoms with Crippen LogP contribution in [0, 0.1) is 0 Å². The minimum atomic E-state index is -0.0800. The number of carbonyl (C=O) groups excluding carboxylic acids is 1. The molecule has 0 saturated carbocycles. The van der Waals surface area contributed by atoms with E-state index in [0.717, 1.165) is 42.1 Å². The van der Waals surface area contributed by atoms with Crippen LogP contribution in [0.5, 0.6) is 0 Å². The highest BCUT2D eigenvalue weighted by Crippen LogP contribution is 2.27. The Hall–Kier alpha value is -1.49. The first-order chi connectivity index (χ1) is 9.66. The molecule has 0 N–H and O–H groups in total. The molecule has 1 aliphatic heterocycles. The monoisotopic (exact) mass is 289 g/mol. The van der Waals surface area contributed by atoms with Crippen LogP contribution in [0.15, 0.2) is 29.4 Å². The summed E-state index contributed by atoms with van der Waals surface area (Å²) in [6.45, 7) is 3.79. The van der Waals surface area contributed by atoms with Gasteiger partial charge in [-0.2, -0.15) is 0 Å². The summed E-state index contributed by atoms with van der Waals surface area (Å²) in [5, 5.41) is 0.829. The zero-order valence-corrected chi connectivity index (χ0v) is 12.7. The second-order valence-electron chi connectivity index (χ2n) is 5.23. The molecule has 1 unspecified atom stereocenters. The summed E-state index contributed by atoms with van der Waals surface area (Å²) in [7, 11) is 2.00. The van der Waals surface area contributed by atoms with Crippen molar-refractivity contribution in [2.75, 3.05) is 13.1 Å². The van der Waals surface area contributed by atoms with E-state index in [9.17, 15) is 4.79 Å². The molecule has 1 aromatic heterocycles. The molecule has 1 fully saturated rings. The van der Waals surface area contributed by atoms with Gasteiger partial charge < -0.3 is 9.47 Å². The smallest absolute Gasteiger partial charge is 0.235 e. The zero-order valence-electron chi connectivity index (χ0n) is 11.9. The summed E-state index contributed by atoms with van der Waals surface area (Å²) in [5.74, 6) is 0.236. The van der Waals surface area contributed by atoms with Crippen LogP contribution in [0.25, 0.3) is 11.0 Å². The highest BCUT2D eigenvalue weighted by molar-refractivity contribution is 8.00. The maximum atomic E-state index is 12.3. The molecule has 5 heteroatoms. The zero-order chi connectivity index (χ0) is 14.1. The number of likely N-dealkylation sites (tertiary alicyclic amines) is 1. The third-order valence-corrected chi connectivity index (χ3v) is 4.92. The van der Waals surface area contributed by atoms with Gasteiger partial charge in [-0.05, 0) is 31.9 Å². The molecular formula is C15H19N3OS. The summed E-state index contributed by atoms with van der Waals surface area (Å²) < 4.78 is 2.06. The summed E-state index contributed by atoms with van der Waals surface area (Å²) >= 11 is 1.55. The first-order valence-corrected chi connectivity index (χ1v) is 7.91. The predicted molar refractivity (Wildman–Crippen MR) is 81.8 cm³/mol. The number of hydrogen-bond donors (Lipinski definition) is 0. The van der Waals surface area contributed by atoms with Crippen LogP contribution >= 0.6 is 11.8 Å². The van der Waals surface area contributed by atoms with Gasteiger partial charge in [-0.1, -0.05) is 23.9 Å². The van der Waals surface area contributed by atoms with Crippen molar-refractivity contribution >= 4 is 28.7 Å². The molecule has 0 spiro atoms. The number of fused-ring (bicyclic) bond motifs is 1. The molecule has 1 aliphatic rings. The number of aromatic nitrogens is 2. The highest BCUT2D eigenvalue weighted by Gasteiger charge is 2.25. The Bertz CT molecular complexity index is 631. The molecule has 1 aromatic carbocycles. The number of benzene rings is 1. The fourth-order valence-corrected chi connectivity index (χ4v) is 3.61. The van der Waals surface area contributed by atoms with Crippen molar-refractivity contribution in [2.45, 2.75) is 30.2 Å². The van der Waals surface area contributed by atoms with Gasteiger partial charge in [0.15, 0.2) is 5.16 Å². The highest BCUT2D eigenvalue weighted by atomic mass is 32.2. The van der Waals surface area contributed by atoms with Crippen LogP contribution in [0.4, 0.5) is 0 Å². The number of carbonyl (C=O) groups is 1. The average Bonchev–Trinajstić information content (AvgIpc) is 3.08. The molecule has 106 valence electrons. The lowest BCUT2D eigenvalue weighted by Gasteiger charge is -2.19. The number of aryl methyl sites for hydroxylation is 1. The number of para-hydroxylation sites is 2. The third-order valence-electron chi connectivity index (χ3n) is 3.79. The lowest BCUT2D eigenvalue weighted by atomic mass is 10.3. The topological polar surface area (TPSA) is 38.1 Å². The third kappa shape index (κ3) is 2.42. The molecule has 1 saturated heterocycles. The van der Waals surface area contributed by atoms with Crippen LogP contribution in [-0.4, -0.2) is 38.7 Å². The summed E-state index contributed by atoms with van der Waals surface area (Å²) in [6, 6.07) is 8.06. The summed E-state index contributed by atoms with van der Waals surface area (Å²) in [4.78, 5) is 18.9. The molecule has 1 amide bonds. The van der Waals surface area contributed by atoms with E-state index in [2.05, 4.69) is 15.6 Å². The van der Waals surface area contributed by atoms with Gasteiger partial charge in [0.2, 0.25) is 5.91 Å². The van der Waals surface area contributed by atoms with E-state index in [1.807, 2.05) is 37.1 Å². The van der Waals surface area contributed by atoms with E-state index in [1.165, 1.54) is 0 Å². The Morgan fingerprint density at radius 2 is 2.00 bits per heavy atom. The van der Waals surface area contributed by atoms with E-state index in [0.29, 0.717) is 0 Å². The first-order valence-electron chi connectivity index (χ1n) is 7.04. The molecule has 0 aliphatic carbocycles. The maximum absolute atomic E-state index is 12.3. The van der Waals surface area contributed by atoms with Gasteiger partial charge in [-0.3, -0.25) is 4.79 Å². The number of amides is 1. The van der Waals surface area contributed by atoms with Gasteiger partial charge in [0, 0.05) is 20.1 Å². The van der Waals surface area contributed by atoms with Crippen LogP contribution in [0.3, 0.4) is 0 Å². The second kappa shape index (κ2) is 5.48. The second-order valence-corrected chi connectivity index (χ2v) is 6.54. The number of imidazole rings is 1. The van der Waals surface area contributed by atoms with Gasteiger partial charge in [0.25, 0.3) is 0 Å². The van der Waals surface area contributed by atoms with Crippen LogP contribution in [0.1, 0.15) is 19.8 Å². The van der Waals surface area contributed by atoms with Crippen LogP contribution in [0.2, 0.25) is 0 Å². The SMILES string of the molecule is CC(Sc1nc2ccccc2n1C)C(=O)N1CCCC1. The molecular weight excluding hydrogens is 270 g/mol. The van der Waals surface area contributed by atoms with Crippen molar-refractivity contribution in [1.29, 1.82) is 0 Å². The largest absolute Gasteiger partial charge is 0.342 e. The normalized spacial score (nSPS) is 16.8. The number of nitrogens with zero attached hydrogens (tertiary/aromatic N) is 3. The summed E-state index contributed by atoms with van der Waals surface area (Å²) in [6.07, 6.45) is 2.27. The van der Waals surface area contributed by atoms with Crippen molar-refractivity contribution < 1.29 is 4.79 Å². The van der Waals surface area contributed by atoms with Crippen molar-refractivity contribution in [3.63, 3.8) is 0 Å². The maximum Gasteiger partial charge on any atom is 0.235 e. The van der Waals surface area contributed by atoms with Crippen molar-refractivity contribution in [2.24, 2.45) is 7.05 Å². The Balaban J connectivity index is 1.78. The number of thioether (sulfide) groups is 1. The predicted octanol–water partition coefficient (Wildman–Crippen LogP) is 2.68. The lowest BCUT2D eigenvalue weighted by molar-refractivity contribution is -0.129. The minimum Gasteiger partial charge on any atom is -0.342 e. The van der Waals surface area contributed by atoms with Crippen molar-refractivity contribution in [3.8, 4) is 0 Å². The molecule has 2 heterocycles. The number of hydrogen-bond acceptors (Lipinski definition) is 3. The van der Waals surface area contributed by atoms with Crippen LogP contribution < -0.4 is 0 Å². The molecule has 0 bridgehead atoms. The van der Waals surface area contributed by atoms with Gasteiger partial charge >= 0.3 is 0 Å². The molecule has 0 radical (unpaired) electrons. The van der Waals surface area contributed by atoms with E-state index >= 15 is 0 Å². The Morgan fingerprint density at radius 3 is 2.70 bits per heavy atom.